The summed E-state index contributed by atoms with van der Waals surface area (Å²) in [7, 11) is -3.94. The molecule has 0 amide bonds. The third-order valence-corrected chi connectivity index (χ3v) is 6.13. The third kappa shape index (κ3) is 4.50. The SMILES string of the molecule is [C-]#[N+]c1ccccc1[C@@]1(Cn2nccn2)OC[C@H](COS(=O)(=O)c2ccc(C)cc2)O1. The average Bonchev–Trinajstić information content (AvgIpc) is 3.43. The van der Waals surface area contributed by atoms with E-state index in [0.29, 0.717) is 11.3 Å². The zero-order valence-corrected chi connectivity index (χ0v) is 17.5. The van der Waals surface area contributed by atoms with Crippen LogP contribution >= 0.6 is 0 Å². The van der Waals surface area contributed by atoms with Gasteiger partial charge in [0.15, 0.2) is 5.69 Å². The molecule has 2 atom stereocenters. The van der Waals surface area contributed by atoms with Crippen LogP contribution in [0.1, 0.15) is 11.1 Å². The number of para-hydroxylation sites is 1. The summed E-state index contributed by atoms with van der Waals surface area (Å²) in [5.41, 5.74) is 1.83. The molecule has 160 valence electrons. The van der Waals surface area contributed by atoms with Gasteiger partial charge < -0.3 is 9.47 Å². The van der Waals surface area contributed by atoms with Crippen LogP contribution in [0.25, 0.3) is 4.85 Å². The minimum absolute atomic E-state index is 0.0716. The topological polar surface area (TPSA) is 96.9 Å². The van der Waals surface area contributed by atoms with E-state index in [2.05, 4.69) is 15.0 Å². The van der Waals surface area contributed by atoms with Gasteiger partial charge in [0.05, 0.1) is 37.1 Å². The number of ether oxygens (including phenoxy) is 2. The standard InChI is InChI=1S/C21H20N4O5S/c1-16-7-9-18(10-8-16)31(26,27)29-14-17-13-28-21(30-17,15-25-23-11-12-24-25)19-5-3-4-6-20(19)22-2/h3-12,17H,13-15H2,1H3/t17-,21+/m1/s1. The zero-order valence-electron chi connectivity index (χ0n) is 16.7. The van der Waals surface area contributed by atoms with E-state index in [0.717, 1.165) is 5.56 Å². The molecule has 0 N–H and O–H groups in total. The van der Waals surface area contributed by atoms with Crippen LogP contribution in [0.3, 0.4) is 0 Å². The first-order chi connectivity index (χ1) is 14.9. The molecule has 0 radical (unpaired) electrons. The Morgan fingerprint density at radius 1 is 1.19 bits per heavy atom. The number of hydrogen-bond acceptors (Lipinski definition) is 7. The molecule has 0 spiro atoms. The van der Waals surface area contributed by atoms with Crippen LogP contribution in [-0.2, 0) is 36.1 Å². The molecule has 3 aromatic rings. The smallest absolute Gasteiger partial charge is 0.297 e. The van der Waals surface area contributed by atoms with Gasteiger partial charge in [-0.15, -0.1) is 0 Å². The summed E-state index contributed by atoms with van der Waals surface area (Å²) < 4.78 is 42.4. The monoisotopic (exact) mass is 440 g/mol. The van der Waals surface area contributed by atoms with E-state index >= 15 is 0 Å². The first kappa shape index (κ1) is 21.1. The summed E-state index contributed by atoms with van der Waals surface area (Å²) in [4.78, 5) is 5.03. The van der Waals surface area contributed by atoms with Crippen molar-refractivity contribution < 1.29 is 22.1 Å². The molecule has 2 heterocycles. The molecule has 1 fully saturated rings. The second-order valence-electron chi connectivity index (χ2n) is 7.04. The fourth-order valence-electron chi connectivity index (χ4n) is 3.30. The van der Waals surface area contributed by atoms with Crippen LogP contribution < -0.4 is 0 Å². The molecule has 10 heteroatoms. The molecule has 1 aromatic heterocycles. The summed E-state index contributed by atoms with van der Waals surface area (Å²) in [6.45, 7) is 9.29. The van der Waals surface area contributed by atoms with E-state index < -0.39 is 22.0 Å². The highest BCUT2D eigenvalue weighted by Crippen LogP contribution is 2.40. The lowest BCUT2D eigenvalue weighted by molar-refractivity contribution is -0.191. The highest BCUT2D eigenvalue weighted by Gasteiger charge is 2.46. The maximum Gasteiger partial charge on any atom is 0.297 e. The zero-order chi connectivity index (χ0) is 21.9. The van der Waals surface area contributed by atoms with Gasteiger partial charge in [0.1, 0.15) is 12.6 Å². The van der Waals surface area contributed by atoms with E-state index in [1.54, 1.807) is 36.4 Å². The van der Waals surface area contributed by atoms with Crippen molar-refractivity contribution >= 4 is 15.8 Å². The van der Waals surface area contributed by atoms with Crippen molar-refractivity contribution in [1.29, 1.82) is 0 Å². The van der Waals surface area contributed by atoms with Crippen LogP contribution in [-0.4, -0.2) is 42.7 Å². The largest absolute Gasteiger partial charge is 0.342 e. The number of hydrogen-bond donors (Lipinski definition) is 0. The molecule has 2 aromatic carbocycles. The Bertz CT molecular complexity index is 1190. The fraction of sp³-hybridized carbons (Fsp3) is 0.286. The second kappa shape index (κ2) is 8.56. The number of nitrogens with zero attached hydrogens (tertiary/aromatic N) is 4. The normalized spacial score (nSPS) is 21.1. The van der Waals surface area contributed by atoms with Crippen molar-refractivity contribution in [3.05, 3.63) is 83.5 Å². The highest BCUT2D eigenvalue weighted by atomic mass is 32.2. The van der Waals surface area contributed by atoms with E-state index in [1.807, 2.05) is 6.92 Å². The van der Waals surface area contributed by atoms with Gasteiger partial charge in [-0.2, -0.15) is 23.4 Å². The molecule has 31 heavy (non-hydrogen) atoms. The van der Waals surface area contributed by atoms with Gasteiger partial charge in [-0.05, 0) is 19.1 Å². The number of aryl methyl sites for hydroxylation is 1. The first-order valence-electron chi connectivity index (χ1n) is 9.51. The maximum atomic E-state index is 12.5. The van der Waals surface area contributed by atoms with Crippen molar-refractivity contribution in [2.24, 2.45) is 0 Å². The predicted octanol–water partition coefficient (Wildman–Crippen LogP) is 2.81. The van der Waals surface area contributed by atoms with Crippen LogP contribution in [0.4, 0.5) is 5.69 Å². The van der Waals surface area contributed by atoms with Gasteiger partial charge in [0, 0.05) is 5.56 Å². The molecular weight excluding hydrogens is 420 g/mol. The van der Waals surface area contributed by atoms with Gasteiger partial charge in [-0.25, -0.2) is 4.85 Å². The molecular formula is C21H20N4O5S. The van der Waals surface area contributed by atoms with E-state index in [9.17, 15) is 8.42 Å². The van der Waals surface area contributed by atoms with Gasteiger partial charge >= 0.3 is 0 Å². The van der Waals surface area contributed by atoms with Gasteiger partial charge in [-0.1, -0.05) is 42.0 Å². The summed E-state index contributed by atoms with van der Waals surface area (Å²) in [6.07, 6.45) is 2.38. The lowest BCUT2D eigenvalue weighted by Gasteiger charge is -2.29. The van der Waals surface area contributed by atoms with Crippen LogP contribution in [0.15, 0.2) is 65.8 Å². The molecule has 4 rings (SSSR count). The minimum atomic E-state index is -3.94. The van der Waals surface area contributed by atoms with Crippen molar-refractivity contribution in [2.75, 3.05) is 13.2 Å². The highest BCUT2D eigenvalue weighted by molar-refractivity contribution is 7.86. The summed E-state index contributed by atoms with van der Waals surface area (Å²) >= 11 is 0. The van der Waals surface area contributed by atoms with E-state index in [-0.39, 0.29) is 24.7 Å². The number of rotatable bonds is 7. The predicted molar refractivity (Wildman–Crippen MR) is 110 cm³/mol. The van der Waals surface area contributed by atoms with Crippen LogP contribution in [0.5, 0.6) is 0 Å². The van der Waals surface area contributed by atoms with Crippen molar-refractivity contribution in [2.45, 2.75) is 30.3 Å². The van der Waals surface area contributed by atoms with Crippen molar-refractivity contribution in [3.8, 4) is 0 Å². The molecule has 0 bridgehead atoms. The Morgan fingerprint density at radius 3 is 2.61 bits per heavy atom. The average molecular weight is 440 g/mol. The Balaban J connectivity index is 1.55. The second-order valence-corrected chi connectivity index (χ2v) is 8.66. The molecule has 0 saturated carbocycles. The lowest BCUT2D eigenvalue weighted by Crippen LogP contribution is -2.35. The number of benzene rings is 2. The van der Waals surface area contributed by atoms with Crippen molar-refractivity contribution in [1.82, 2.24) is 15.0 Å². The molecule has 0 unspecified atom stereocenters. The molecule has 9 nitrogen and oxygen atoms in total. The first-order valence-corrected chi connectivity index (χ1v) is 10.9. The Labute approximate surface area is 180 Å². The fourth-order valence-corrected chi connectivity index (χ4v) is 4.24. The summed E-state index contributed by atoms with van der Waals surface area (Å²) in [5.74, 6) is -1.35. The van der Waals surface area contributed by atoms with Gasteiger partial charge in [0.25, 0.3) is 10.1 Å². The van der Waals surface area contributed by atoms with Crippen molar-refractivity contribution in [3.63, 3.8) is 0 Å². The van der Waals surface area contributed by atoms with E-state index in [4.69, 9.17) is 20.2 Å². The summed E-state index contributed by atoms with van der Waals surface area (Å²) in [6, 6.07) is 13.3. The van der Waals surface area contributed by atoms with E-state index in [1.165, 1.54) is 29.3 Å². The molecule has 0 aliphatic carbocycles. The Kier molecular flexibility index (Phi) is 5.84. The summed E-state index contributed by atoms with van der Waals surface area (Å²) in [5, 5.41) is 8.21. The van der Waals surface area contributed by atoms with Gasteiger partial charge in [0.2, 0.25) is 5.79 Å². The molecule has 1 aliphatic heterocycles. The van der Waals surface area contributed by atoms with Gasteiger partial charge in [-0.3, -0.25) is 4.18 Å². The van der Waals surface area contributed by atoms with Crippen LogP contribution in [0, 0.1) is 13.5 Å². The molecule has 1 saturated heterocycles. The lowest BCUT2D eigenvalue weighted by atomic mass is 10.0. The maximum absolute atomic E-state index is 12.5. The molecule has 1 aliphatic rings. The minimum Gasteiger partial charge on any atom is -0.342 e. The number of aromatic nitrogens is 3. The van der Waals surface area contributed by atoms with Crippen LogP contribution in [0.2, 0.25) is 0 Å². The third-order valence-electron chi connectivity index (χ3n) is 4.83. The quantitative estimate of drug-likeness (QED) is 0.412. The Morgan fingerprint density at radius 2 is 1.90 bits per heavy atom. The Hall–Kier alpha value is -3.10.